The molecule has 462 valence electrons. The summed E-state index contributed by atoms with van der Waals surface area (Å²) in [6, 6.07) is 6.32. The number of hydrogen-bond donors (Lipinski definition) is 9. The summed E-state index contributed by atoms with van der Waals surface area (Å²) < 4.78 is 31.6. The van der Waals surface area contributed by atoms with Crippen LogP contribution in [0.25, 0.3) is 11.1 Å². The lowest BCUT2D eigenvalue weighted by Crippen LogP contribution is -2.58. The number of aliphatic carboxylic acids is 2. The van der Waals surface area contributed by atoms with Crippen LogP contribution in [-0.2, 0) is 54.5 Å². The molecule has 23 nitrogen and oxygen atoms in total. The number of hydrogen-bond acceptors (Lipinski definition) is 15. The number of carbonyl (C=O) groups excluding carboxylic acids is 8. The van der Waals surface area contributed by atoms with Crippen LogP contribution < -0.4 is 33.2 Å². The zero-order chi connectivity index (χ0) is 62.6. The SMILES string of the molecule is CC(C)[C@H](NC(=O)CCCCCN1C(=O)CC(SC[C@H](N)C(=O)O)C1=O)C(=O)N[C@@H](C)C(=O)N(C(=O)CCNC(=O)[C@@H](N)CCN(C(=O)CO)[C@@H](c1cc(-c2cc(F)ccc2F)cn1Cc1ccccc1)C(C)(C)C)[C@@H](CCCCN)C(=O)O. The van der Waals surface area contributed by atoms with E-state index in [1.54, 1.807) is 26.1 Å². The van der Waals surface area contributed by atoms with E-state index in [9.17, 15) is 62.5 Å². The molecule has 84 heavy (non-hydrogen) atoms. The maximum Gasteiger partial charge on any atom is 0.326 e. The lowest BCUT2D eigenvalue weighted by molar-refractivity contribution is -0.159. The molecule has 4 rings (SSSR count). The average Bonchev–Trinajstić information content (AvgIpc) is 2.31. The van der Waals surface area contributed by atoms with Gasteiger partial charge in [-0.15, -0.1) is 11.8 Å². The molecule has 0 aliphatic carbocycles. The number of nitrogens with zero attached hydrogens (tertiary/aromatic N) is 4. The molecule has 0 spiro atoms. The molecule has 12 N–H and O–H groups in total. The number of likely N-dealkylation sites (tertiary alicyclic amines) is 1. The Balaban J connectivity index is 1.41. The van der Waals surface area contributed by atoms with Crippen LogP contribution >= 0.6 is 11.8 Å². The largest absolute Gasteiger partial charge is 0.480 e. The molecule has 8 amide bonds. The standard InChI is InChI=1S/C58H82F2N10O13S/c1-34(2)50(66-46(72)18-11-8-14-25-69-48(74)29-45(55(69)79)84-33-42(63)56(80)81)53(77)65-35(3)54(78)70(43(57(82)83)17-12-13-23-61)47(73)21-24-64-52(76)41(62)22-26-68(49(75)32-71)51(58(4,5)6)44-27-37(39-28-38(59)19-20-40(39)60)31-67(44)30-36-15-9-7-10-16-36/h7,9-10,15-16,19-20,27-28,31,34-35,41-43,45,50-51,71H,8,11-14,17-18,21-26,29-30,32-33,61-63H2,1-6H3,(H,64,76)(H,65,77)(H,66,72)(H,80,81)(H,82,83)/t35-,41-,42-,43-,45?,50-,51-/m0/s1. The number of nitrogens with two attached hydrogens (primary N) is 3. The van der Waals surface area contributed by atoms with Gasteiger partial charge in [0.15, 0.2) is 0 Å². The zero-order valence-electron chi connectivity index (χ0n) is 48.5. The highest BCUT2D eigenvalue weighted by atomic mass is 32.2. The molecule has 0 radical (unpaired) electrons. The number of imide groups is 2. The second-order valence-electron chi connectivity index (χ2n) is 22.3. The van der Waals surface area contributed by atoms with Crippen LogP contribution in [0, 0.1) is 23.0 Å². The second-order valence-corrected chi connectivity index (χ2v) is 23.5. The second kappa shape index (κ2) is 32.8. The maximum absolute atomic E-state index is 15.3. The fourth-order valence-electron chi connectivity index (χ4n) is 9.74. The van der Waals surface area contributed by atoms with E-state index in [0.717, 1.165) is 40.4 Å². The lowest BCUT2D eigenvalue weighted by atomic mass is 9.82. The van der Waals surface area contributed by atoms with Gasteiger partial charge in [0.2, 0.25) is 41.4 Å². The molecule has 1 aliphatic rings. The van der Waals surface area contributed by atoms with Crippen molar-refractivity contribution in [3.05, 3.63) is 83.7 Å². The lowest BCUT2D eigenvalue weighted by Gasteiger charge is -2.41. The third-order valence-electron chi connectivity index (χ3n) is 14.2. The van der Waals surface area contributed by atoms with Crippen LogP contribution in [0.15, 0.2) is 60.8 Å². The molecular weight excluding hydrogens is 1110 g/mol. The number of aromatic nitrogens is 1. The van der Waals surface area contributed by atoms with Gasteiger partial charge < -0.3 is 57.9 Å². The molecule has 7 atom stereocenters. The fourth-order valence-corrected chi connectivity index (χ4v) is 10.9. The van der Waals surface area contributed by atoms with Gasteiger partial charge in [-0.1, -0.05) is 71.4 Å². The first-order chi connectivity index (χ1) is 39.6. The average molecular weight is 1200 g/mol. The number of unbranched alkanes of at least 4 members (excludes halogenated alkanes) is 3. The van der Waals surface area contributed by atoms with Crippen LogP contribution in [0.1, 0.15) is 123 Å². The molecule has 3 aromatic rings. The van der Waals surface area contributed by atoms with E-state index in [0.29, 0.717) is 41.8 Å². The number of amides is 8. The maximum atomic E-state index is 15.3. The Morgan fingerprint density at radius 3 is 2.13 bits per heavy atom. The number of aliphatic hydroxyl groups is 1. The Labute approximate surface area is 492 Å². The number of carboxylic acids is 2. The van der Waals surface area contributed by atoms with E-state index >= 15 is 4.39 Å². The van der Waals surface area contributed by atoms with Crippen LogP contribution in [0.5, 0.6) is 0 Å². The highest BCUT2D eigenvalue weighted by Crippen LogP contribution is 2.41. The number of benzene rings is 2. The number of thioether (sulfide) groups is 1. The first kappa shape index (κ1) is 69.4. The summed E-state index contributed by atoms with van der Waals surface area (Å²) in [5, 5.41) is 36.6. The summed E-state index contributed by atoms with van der Waals surface area (Å²) in [6.07, 6.45) is 2.25. The predicted octanol–water partition coefficient (Wildman–Crippen LogP) is 3.03. The van der Waals surface area contributed by atoms with Crippen molar-refractivity contribution in [2.75, 3.05) is 38.5 Å². The smallest absolute Gasteiger partial charge is 0.326 e. The van der Waals surface area contributed by atoms with Crippen molar-refractivity contribution in [2.24, 2.45) is 28.5 Å². The zero-order valence-corrected chi connectivity index (χ0v) is 49.3. The monoisotopic (exact) mass is 1200 g/mol. The molecule has 1 unspecified atom stereocenters. The topological polar surface area (TPSA) is 360 Å². The normalized spacial score (nSPS) is 15.6. The van der Waals surface area contributed by atoms with E-state index in [1.165, 1.54) is 11.8 Å². The molecule has 1 saturated heterocycles. The molecule has 2 heterocycles. The third-order valence-corrected chi connectivity index (χ3v) is 15.5. The first-order valence-electron chi connectivity index (χ1n) is 28.1. The minimum absolute atomic E-state index is 0.0145. The number of aliphatic hydroxyl groups excluding tert-OH is 1. The van der Waals surface area contributed by atoms with E-state index in [1.807, 2.05) is 55.7 Å². The first-order valence-corrected chi connectivity index (χ1v) is 29.1. The van der Waals surface area contributed by atoms with Crippen molar-refractivity contribution < 1.29 is 72.0 Å². The van der Waals surface area contributed by atoms with Crippen molar-refractivity contribution in [1.29, 1.82) is 0 Å². The van der Waals surface area contributed by atoms with E-state index in [2.05, 4.69) is 16.0 Å². The van der Waals surface area contributed by atoms with Crippen LogP contribution in [0.2, 0.25) is 0 Å². The van der Waals surface area contributed by atoms with Crippen LogP contribution in [0.4, 0.5) is 8.78 Å². The quantitative estimate of drug-likeness (QED) is 0.0306. The third kappa shape index (κ3) is 20.0. The minimum Gasteiger partial charge on any atom is -0.480 e. The van der Waals surface area contributed by atoms with E-state index < -0.39 is 143 Å². The van der Waals surface area contributed by atoms with E-state index in [4.69, 9.17) is 22.3 Å². The van der Waals surface area contributed by atoms with Crippen molar-refractivity contribution in [2.45, 2.75) is 154 Å². The van der Waals surface area contributed by atoms with Gasteiger partial charge in [0, 0.05) is 74.2 Å². The summed E-state index contributed by atoms with van der Waals surface area (Å²) in [5.41, 5.74) is 18.5. The van der Waals surface area contributed by atoms with Gasteiger partial charge in [-0.05, 0) is 93.2 Å². The Morgan fingerprint density at radius 2 is 1.51 bits per heavy atom. The Morgan fingerprint density at radius 1 is 0.821 bits per heavy atom. The summed E-state index contributed by atoms with van der Waals surface area (Å²) in [6.45, 7) is 9.11. The van der Waals surface area contributed by atoms with Crippen LogP contribution in [0.3, 0.4) is 0 Å². The van der Waals surface area contributed by atoms with E-state index in [-0.39, 0.29) is 69.6 Å². The van der Waals surface area contributed by atoms with Gasteiger partial charge in [-0.3, -0.25) is 53.0 Å². The van der Waals surface area contributed by atoms with Gasteiger partial charge in [-0.2, -0.15) is 0 Å². The molecule has 0 bridgehead atoms. The number of rotatable bonds is 34. The highest BCUT2D eigenvalue weighted by Gasteiger charge is 2.41. The predicted molar refractivity (Wildman–Crippen MR) is 309 cm³/mol. The Hall–Kier alpha value is -7.13. The summed E-state index contributed by atoms with van der Waals surface area (Å²) in [5.74, 6) is -10.4. The van der Waals surface area contributed by atoms with Gasteiger partial charge >= 0.3 is 11.9 Å². The minimum atomic E-state index is -1.71. The Kier molecular flexibility index (Phi) is 27.1. The van der Waals surface area contributed by atoms with Crippen molar-refractivity contribution in [3.63, 3.8) is 0 Å². The number of halogens is 2. The van der Waals surface area contributed by atoms with Crippen molar-refractivity contribution in [3.8, 4) is 11.1 Å². The molecular formula is C58H82F2N10O13S. The number of carbonyl (C=O) groups is 10. The fraction of sp³-hybridized carbons (Fsp3) is 0.552. The molecule has 2 aromatic carbocycles. The van der Waals surface area contributed by atoms with Gasteiger partial charge in [-0.25, -0.2) is 13.6 Å². The molecule has 0 saturated carbocycles. The summed E-state index contributed by atoms with van der Waals surface area (Å²) in [4.78, 5) is 134. The molecule has 1 aliphatic heterocycles. The molecule has 1 fully saturated rings. The number of nitrogens with one attached hydrogen (secondary N) is 3. The van der Waals surface area contributed by atoms with Gasteiger partial charge in [0.1, 0.15) is 42.4 Å². The van der Waals surface area contributed by atoms with Crippen molar-refractivity contribution >= 4 is 71.0 Å². The Bertz CT molecular complexity index is 2800. The molecule has 1 aromatic heterocycles. The van der Waals surface area contributed by atoms with Gasteiger partial charge in [0.25, 0.3) is 5.91 Å². The summed E-state index contributed by atoms with van der Waals surface area (Å²) in [7, 11) is 0. The van der Waals surface area contributed by atoms with Crippen LogP contribution in [-0.4, -0.2) is 168 Å². The summed E-state index contributed by atoms with van der Waals surface area (Å²) >= 11 is 1.01. The van der Waals surface area contributed by atoms with Gasteiger partial charge in [0.05, 0.1) is 17.3 Å². The number of carboxylic acid groups (broad SMARTS) is 2. The molecule has 26 heteroatoms. The van der Waals surface area contributed by atoms with Crippen molar-refractivity contribution in [1.82, 2.24) is 35.2 Å². The highest BCUT2D eigenvalue weighted by molar-refractivity contribution is 8.00.